The fourth-order valence-corrected chi connectivity index (χ4v) is 1.30. The maximum absolute atomic E-state index is 4.97. The van der Waals surface area contributed by atoms with E-state index in [0.29, 0.717) is 0 Å². The second-order valence-corrected chi connectivity index (χ2v) is 2.68. The van der Waals surface area contributed by atoms with Crippen LogP contribution >= 0.6 is 0 Å². The minimum Gasteiger partial charge on any atom is -0.365 e. The largest absolute Gasteiger partial charge is 0.365 e. The molecule has 1 radical (unpaired) electrons. The molecule has 13 heavy (non-hydrogen) atoms. The van der Waals surface area contributed by atoms with Gasteiger partial charge in [-0.2, -0.15) is 0 Å². The number of nitrogens with two attached hydrogens (primary N) is 1. The van der Waals surface area contributed by atoms with Crippen LogP contribution < -0.4 is 11.4 Å². The molecule has 0 saturated carbocycles. The van der Waals surface area contributed by atoms with Crippen LogP contribution in [0, 0.1) is 0 Å². The van der Waals surface area contributed by atoms with Gasteiger partial charge in [0.15, 0.2) is 0 Å². The minimum atomic E-state index is 0.889. The number of rotatable bonds is 2. The Morgan fingerprint density at radius 1 is 1.23 bits per heavy atom. The van der Waals surface area contributed by atoms with Gasteiger partial charge in [-0.25, -0.2) is 5.90 Å². The van der Waals surface area contributed by atoms with Crippen LogP contribution in [0.25, 0.3) is 10.9 Å². The van der Waals surface area contributed by atoms with E-state index >= 15 is 0 Å². The van der Waals surface area contributed by atoms with Crippen LogP contribution in [0.15, 0.2) is 36.5 Å². The monoisotopic (exact) mass is 171 g/mol. The summed E-state index contributed by atoms with van der Waals surface area (Å²) in [6.07, 6.45) is 1.75. The third-order valence-electron chi connectivity index (χ3n) is 1.86. The predicted molar refractivity (Wildman–Crippen MR) is 52.4 cm³/mol. The first-order valence-electron chi connectivity index (χ1n) is 3.94. The SMILES string of the molecule is NO[B]c1cccc2cccnc12. The number of pyridine rings is 1. The van der Waals surface area contributed by atoms with E-state index in [-0.39, 0.29) is 0 Å². The average molecular weight is 171 g/mol. The highest BCUT2D eigenvalue weighted by Gasteiger charge is 2.02. The van der Waals surface area contributed by atoms with Gasteiger partial charge in [0.05, 0.1) is 5.52 Å². The first-order chi connectivity index (χ1) is 6.42. The molecule has 0 unspecified atom stereocenters. The van der Waals surface area contributed by atoms with Crippen molar-refractivity contribution in [2.75, 3.05) is 0 Å². The summed E-state index contributed by atoms with van der Waals surface area (Å²) in [5.41, 5.74) is 1.79. The summed E-state index contributed by atoms with van der Waals surface area (Å²) >= 11 is 0. The lowest BCUT2D eigenvalue weighted by Crippen LogP contribution is -2.21. The fraction of sp³-hybridized carbons (Fsp3) is 0. The van der Waals surface area contributed by atoms with Crippen molar-refractivity contribution in [2.45, 2.75) is 0 Å². The molecule has 3 nitrogen and oxygen atoms in total. The molecule has 1 heterocycles. The number of hydrogen-bond acceptors (Lipinski definition) is 3. The third kappa shape index (κ3) is 1.54. The molecule has 1 aromatic heterocycles. The molecular formula is C9H8BN2O. The van der Waals surface area contributed by atoms with Gasteiger partial charge in [0.2, 0.25) is 0 Å². The zero-order valence-corrected chi connectivity index (χ0v) is 6.97. The maximum Gasteiger partial charge on any atom is 0.363 e. The molecule has 63 valence electrons. The van der Waals surface area contributed by atoms with E-state index in [1.54, 1.807) is 6.20 Å². The van der Waals surface area contributed by atoms with E-state index in [4.69, 9.17) is 5.90 Å². The quantitative estimate of drug-likeness (QED) is 0.524. The average Bonchev–Trinajstić information content (AvgIpc) is 2.19. The Morgan fingerprint density at radius 2 is 2.08 bits per heavy atom. The van der Waals surface area contributed by atoms with Crippen molar-refractivity contribution in [1.82, 2.24) is 4.98 Å². The molecule has 2 aromatic rings. The van der Waals surface area contributed by atoms with Gasteiger partial charge in [-0.15, -0.1) is 0 Å². The smallest absolute Gasteiger partial charge is 0.363 e. The first kappa shape index (κ1) is 8.22. The highest BCUT2D eigenvalue weighted by molar-refractivity contribution is 6.50. The molecule has 0 atom stereocenters. The van der Waals surface area contributed by atoms with E-state index in [9.17, 15) is 0 Å². The molecule has 2 rings (SSSR count). The highest BCUT2D eigenvalue weighted by atomic mass is 16.6. The second kappa shape index (κ2) is 3.55. The van der Waals surface area contributed by atoms with Gasteiger partial charge in [-0.05, 0) is 16.9 Å². The number of hydrogen-bond donors (Lipinski definition) is 1. The van der Waals surface area contributed by atoms with E-state index in [1.165, 1.54) is 7.48 Å². The van der Waals surface area contributed by atoms with Gasteiger partial charge < -0.3 is 4.76 Å². The van der Waals surface area contributed by atoms with Gasteiger partial charge in [0.1, 0.15) is 0 Å². The molecule has 0 amide bonds. The standard InChI is InChI=1S/C9H8BN2O/c11-13-10-8-5-1-3-7-4-2-6-12-9(7)8/h1-6H,11H2. The summed E-state index contributed by atoms with van der Waals surface area (Å²) in [4.78, 5) is 4.23. The van der Waals surface area contributed by atoms with Gasteiger partial charge in [-0.3, -0.25) is 4.98 Å². The van der Waals surface area contributed by atoms with Crippen LogP contribution in [0.4, 0.5) is 0 Å². The summed E-state index contributed by atoms with van der Waals surface area (Å²) in [5.74, 6) is 4.97. The number of nitrogens with zero attached hydrogens (tertiary/aromatic N) is 1. The van der Waals surface area contributed by atoms with Crippen molar-refractivity contribution >= 4 is 23.8 Å². The summed E-state index contributed by atoms with van der Waals surface area (Å²) in [6, 6.07) is 9.73. The Labute approximate surface area is 76.8 Å². The van der Waals surface area contributed by atoms with E-state index < -0.39 is 0 Å². The molecule has 0 saturated heterocycles. The normalized spacial score (nSPS) is 10.2. The summed E-state index contributed by atoms with van der Waals surface area (Å²) in [6.45, 7) is 0. The minimum absolute atomic E-state index is 0.889. The van der Waals surface area contributed by atoms with Crippen LogP contribution in [0.3, 0.4) is 0 Å². The number of fused-ring (bicyclic) bond motifs is 1. The molecule has 0 spiro atoms. The van der Waals surface area contributed by atoms with Crippen molar-refractivity contribution in [2.24, 2.45) is 5.90 Å². The topological polar surface area (TPSA) is 48.1 Å². The highest BCUT2D eigenvalue weighted by Crippen LogP contribution is 2.06. The number of para-hydroxylation sites is 1. The summed E-state index contributed by atoms with van der Waals surface area (Å²) in [5, 5.41) is 1.08. The zero-order valence-electron chi connectivity index (χ0n) is 6.97. The van der Waals surface area contributed by atoms with Crippen molar-refractivity contribution in [3.63, 3.8) is 0 Å². The molecule has 0 fully saturated rings. The van der Waals surface area contributed by atoms with Gasteiger partial charge in [-0.1, -0.05) is 24.3 Å². The predicted octanol–water partition coefficient (Wildman–Crippen LogP) is 0.370. The van der Waals surface area contributed by atoms with Crippen molar-refractivity contribution in [1.29, 1.82) is 0 Å². The van der Waals surface area contributed by atoms with Crippen LogP contribution in [-0.4, -0.2) is 12.5 Å². The summed E-state index contributed by atoms with van der Waals surface area (Å²) < 4.78 is 4.47. The number of aromatic nitrogens is 1. The molecule has 0 aliphatic heterocycles. The van der Waals surface area contributed by atoms with Gasteiger partial charge in [0.25, 0.3) is 0 Å². The molecular weight excluding hydrogens is 163 g/mol. The Morgan fingerprint density at radius 3 is 2.92 bits per heavy atom. The lowest BCUT2D eigenvalue weighted by Gasteiger charge is -2.01. The Hall–Kier alpha value is -1.39. The lowest BCUT2D eigenvalue weighted by atomic mass is 9.86. The summed E-state index contributed by atoms with van der Waals surface area (Å²) in [7, 11) is 1.48. The third-order valence-corrected chi connectivity index (χ3v) is 1.86. The van der Waals surface area contributed by atoms with Crippen molar-refractivity contribution in [3.05, 3.63) is 36.5 Å². The number of benzene rings is 1. The van der Waals surface area contributed by atoms with Crippen LogP contribution in [0.2, 0.25) is 0 Å². The Bertz CT molecular complexity index is 414. The Kier molecular flexibility index (Phi) is 2.25. The van der Waals surface area contributed by atoms with E-state index in [0.717, 1.165) is 16.4 Å². The molecule has 0 bridgehead atoms. The lowest BCUT2D eigenvalue weighted by molar-refractivity contribution is 0.362. The van der Waals surface area contributed by atoms with E-state index in [2.05, 4.69) is 9.74 Å². The molecule has 2 N–H and O–H groups in total. The molecule has 0 aliphatic rings. The fourth-order valence-electron chi connectivity index (χ4n) is 1.30. The molecule has 1 aromatic carbocycles. The maximum atomic E-state index is 4.97. The van der Waals surface area contributed by atoms with Gasteiger partial charge in [0, 0.05) is 6.20 Å². The van der Waals surface area contributed by atoms with Crippen LogP contribution in [0.5, 0.6) is 0 Å². The Balaban J connectivity index is 2.61. The zero-order chi connectivity index (χ0) is 9.10. The molecule has 0 aliphatic carbocycles. The van der Waals surface area contributed by atoms with Crippen molar-refractivity contribution in [3.8, 4) is 0 Å². The van der Waals surface area contributed by atoms with Crippen molar-refractivity contribution < 1.29 is 4.76 Å². The van der Waals surface area contributed by atoms with Crippen LogP contribution in [-0.2, 0) is 4.76 Å². The second-order valence-electron chi connectivity index (χ2n) is 2.68. The first-order valence-corrected chi connectivity index (χ1v) is 3.94. The molecule has 4 heteroatoms. The van der Waals surface area contributed by atoms with Crippen LogP contribution in [0.1, 0.15) is 0 Å². The van der Waals surface area contributed by atoms with Gasteiger partial charge >= 0.3 is 7.48 Å². The van der Waals surface area contributed by atoms with E-state index in [1.807, 2.05) is 30.3 Å².